The van der Waals surface area contributed by atoms with Gasteiger partial charge in [-0.15, -0.1) is 0 Å². The van der Waals surface area contributed by atoms with Crippen LogP contribution in [0.2, 0.25) is 0 Å². The Bertz CT molecular complexity index is 485. The van der Waals surface area contributed by atoms with Crippen LogP contribution in [0.15, 0.2) is 24.3 Å². The highest BCUT2D eigenvalue weighted by Crippen LogP contribution is 2.52. The average Bonchev–Trinajstić information content (AvgIpc) is 2.37. The highest BCUT2D eigenvalue weighted by atomic mass is 19.4. The monoisotopic (exact) mass is 320 g/mol. The van der Waals surface area contributed by atoms with Gasteiger partial charge in [0.1, 0.15) is 5.75 Å². The molecule has 0 fully saturated rings. The number of ether oxygens (including phenoxy) is 1. The zero-order valence-electron chi connectivity index (χ0n) is 10.6. The van der Waals surface area contributed by atoms with Crippen LogP contribution >= 0.6 is 0 Å². The van der Waals surface area contributed by atoms with Crippen LogP contribution in [0.4, 0.5) is 30.7 Å². The number of hydrogen-bond donors (Lipinski definition) is 1. The van der Waals surface area contributed by atoms with E-state index in [1.54, 1.807) is 0 Å². The fraction of sp³-hybridized carbons (Fsp3) is 0.500. The molecule has 0 aliphatic carbocycles. The van der Waals surface area contributed by atoms with Gasteiger partial charge >= 0.3 is 18.0 Å². The lowest BCUT2D eigenvalue weighted by atomic mass is 9.97. The fourth-order valence-corrected chi connectivity index (χ4v) is 1.55. The van der Waals surface area contributed by atoms with Crippen molar-refractivity contribution in [3.8, 4) is 5.75 Å². The molecule has 120 valence electrons. The lowest BCUT2D eigenvalue weighted by Crippen LogP contribution is -2.54. The zero-order chi connectivity index (χ0) is 16.5. The minimum atomic E-state index is -6.50. The van der Waals surface area contributed by atoms with Gasteiger partial charge in [-0.2, -0.15) is 30.7 Å². The van der Waals surface area contributed by atoms with Gasteiger partial charge in [0.05, 0.1) is 6.61 Å². The normalized spacial score (nSPS) is 14.9. The van der Waals surface area contributed by atoms with Crippen LogP contribution in [-0.4, -0.2) is 29.7 Å². The third-order valence-electron chi connectivity index (χ3n) is 2.63. The van der Waals surface area contributed by atoms with E-state index >= 15 is 0 Å². The third-order valence-corrected chi connectivity index (χ3v) is 2.63. The van der Waals surface area contributed by atoms with E-state index in [1.807, 2.05) is 0 Å². The summed E-state index contributed by atoms with van der Waals surface area (Å²) in [6.45, 7) is 1.40. The summed E-state index contributed by atoms with van der Waals surface area (Å²) in [5.41, 5.74) is -0.853. The molecule has 0 aliphatic heterocycles. The third kappa shape index (κ3) is 3.07. The molecule has 1 rings (SSSR count). The molecule has 0 amide bonds. The first kappa shape index (κ1) is 17.5. The maximum Gasteiger partial charge on any atom is 0.459 e. The standard InChI is InChI=1S/C12H11F7O2/c1-2-21-8-6-4-3-5-7(8)9(20)10(13,14)11(15,16)12(17,18)19/h3-6,9,20H,2H2,1H3. The van der Waals surface area contributed by atoms with Gasteiger partial charge in [0.2, 0.25) is 0 Å². The number of benzene rings is 1. The van der Waals surface area contributed by atoms with Crippen molar-refractivity contribution in [2.75, 3.05) is 6.61 Å². The van der Waals surface area contributed by atoms with E-state index < -0.39 is 35.4 Å². The first-order valence-electron chi connectivity index (χ1n) is 5.69. The second-order valence-electron chi connectivity index (χ2n) is 4.07. The van der Waals surface area contributed by atoms with Gasteiger partial charge in [0.25, 0.3) is 0 Å². The van der Waals surface area contributed by atoms with Crippen LogP contribution in [0.3, 0.4) is 0 Å². The molecule has 0 radical (unpaired) electrons. The van der Waals surface area contributed by atoms with Crippen LogP contribution in [0.1, 0.15) is 18.6 Å². The Balaban J connectivity index is 3.27. The lowest BCUT2D eigenvalue weighted by molar-refractivity contribution is -0.372. The fourth-order valence-electron chi connectivity index (χ4n) is 1.55. The Morgan fingerprint density at radius 3 is 2.05 bits per heavy atom. The van der Waals surface area contributed by atoms with Crippen molar-refractivity contribution in [1.29, 1.82) is 0 Å². The summed E-state index contributed by atoms with van der Waals surface area (Å²) in [4.78, 5) is 0. The second-order valence-corrected chi connectivity index (χ2v) is 4.07. The number of para-hydroxylation sites is 1. The van der Waals surface area contributed by atoms with Gasteiger partial charge in [0, 0.05) is 5.56 Å². The molecule has 1 aromatic carbocycles. The van der Waals surface area contributed by atoms with Gasteiger partial charge in [-0.25, -0.2) is 0 Å². The average molecular weight is 320 g/mol. The van der Waals surface area contributed by atoms with Crippen molar-refractivity contribution in [1.82, 2.24) is 0 Å². The summed E-state index contributed by atoms with van der Waals surface area (Å²) < 4.78 is 93.7. The molecule has 0 heterocycles. The van der Waals surface area contributed by atoms with Crippen molar-refractivity contribution in [3.63, 3.8) is 0 Å². The predicted octanol–water partition coefficient (Wildman–Crippen LogP) is 3.95. The first-order valence-corrected chi connectivity index (χ1v) is 5.69. The quantitative estimate of drug-likeness (QED) is 0.833. The maximum atomic E-state index is 13.4. The van der Waals surface area contributed by atoms with Gasteiger partial charge in [-0.1, -0.05) is 18.2 Å². The number of rotatable bonds is 5. The molecule has 2 nitrogen and oxygen atoms in total. The molecule has 0 bridgehead atoms. The summed E-state index contributed by atoms with van der Waals surface area (Å²) in [5, 5.41) is 9.34. The topological polar surface area (TPSA) is 29.5 Å². The molecule has 0 aromatic heterocycles. The molecule has 9 heteroatoms. The molecule has 1 unspecified atom stereocenters. The molecular weight excluding hydrogens is 309 g/mol. The molecule has 0 spiro atoms. The zero-order valence-corrected chi connectivity index (χ0v) is 10.6. The van der Waals surface area contributed by atoms with Crippen LogP contribution < -0.4 is 4.74 Å². The molecule has 1 aromatic rings. The summed E-state index contributed by atoms with van der Waals surface area (Å²) in [6.07, 6.45) is -9.88. The highest BCUT2D eigenvalue weighted by molar-refractivity contribution is 5.36. The molecule has 0 aliphatic rings. The minimum absolute atomic E-state index is 0.0506. The Morgan fingerprint density at radius 2 is 1.57 bits per heavy atom. The largest absolute Gasteiger partial charge is 0.493 e. The van der Waals surface area contributed by atoms with Gasteiger partial charge < -0.3 is 9.84 Å². The molecule has 1 N–H and O–H groups in total. The Kier molecular flexibility index (Phi) is 4.76. The first-order chi connectivity index (χ1) is 9.46. The molecular formula is C12H11F7O2. The van der Waals surface area contributed by atoms with Crippen molar-refractivity contribution in [2.45, 2.75) is 31.0 Å². The predicted molar refractivity (Wildman–Crippen MR) is 58.5 cm³/mol. The molecule has 0 saturated heterocycles. The van der Waals surface area contributed by atoms with Crippen LogP contribution in [0.25, 0.3) is 0 Å². The lowest BCUT2D eigenvalue weighted by Gasteiger charge is -2.32. The van der Waals surface area contributed by atoms with Crippen molar-refractivity contribution < 1.29 is 40.6 Å². The summed E-state index contributed by atoms with van der Waals surface area (Å²) >= 11 is 0. The van der Waals surface area contributed by atoms with Crippen molar-refractivity contribution in [2.24, 2.45) is 0 Å². The van der Waals surface area contributed by atoms with Crippen molar-refractivity contribution >= 4 is 0 Å². The Labute approximate surface area is 115 Å². The second kappa shape index (κ2) is 5.70. The molecule has 21 heavy (non-hydrogen) atoms. The molecule has 0 saturated carbocycles. The summed E-state index contributed by atoms with van der Waals surface area (Å²) in [7, 11) is 0. The molecule has 1 atom stereocenters. The number of halogens is 7. The van der Waals surface area contributed by atoms with Crippen LogP contribution in [0.5, 0.6) is 5.75 Å². The number of aliphatic hydroxyl groups is 1. The number of aliphatic hydroxyl groups excluding tert-OH is 1. The number of alkyl halides is 7. The van der Waals surface area contributed by atoms with Crippen molar-refractivity contribution in [3.05, 3.63) is 29.8 Å². The van der Waals surface area contributed by atoms with E-state index in [-0.39, 0.29) is 6.61 Å². The summed E-state index contributed by atoms with van der Waals surface area (Å²) in [6, 6.07) is 4.25. The SMILES string of the molecule is CCOc1ccccc1C(O)C(F)(F)C(F)(F)C(F)(F)F. The summed E-state index contributed by atoms with van der Waals surface area (Å²) in [5.74, 6) is -12.5. The van der Waals surface area contributed by atoms with Gasteiger partial charge in [-0.3, -0.25) is 0 Å². The Morgan fingerprint density at radius 1 is 1.05 bits per heavy atom. The minimum Gasteiger partial charge on any atom is -0.493 e. The number of hydrogen-bond acceptors (Lipinski definition) is 2. The van der Waals surface area contributed by atoms with E-state index in [0.717, 1.165) is 18.2 Å². The maximum absolute atomic E-state index is 13.4. The van der Waals surface area contributed by atoms with E-state index in [1.165, 1.54) is 13.0 Å². The highest BCUT2D eigenvalue weighted by Gasteiger charge is 2.75. The van der Waals surface area contributed by atoms with E-state index in [2.05, 4.69) is 0 Å². The van der Waals surface area contributed by atoms with Gasteiger partial charge in [0.15, 0.2) is 6.10 Å². The van der Waals surface area contributed by atoms with E-state index in [4.69, 9.17) is 4.74 Å². The van der Waals surface area contributed by atoms with Crippen LogP contribution in [0, 0.1) is 0 Å². The van der Waals surface area contributed by atoms with Crippen LogP contribution in [-0.2, 0) is 0 Å². The van der Waals surface area contributed by atoms with E-state index in [9.17, 15) is 35.8 Å². The van der Waals surface area contributed by atoms with E-state index in [0.29, 0.717) is 0 Å². The van der Waals surface area contributed by atoms with Gasteiger partial charge in [-0.05, 0) is 13.0 Å². The Hall–Kier alpha value is -1.51. The smallest absolute Gasteiger partial charge is 0.459 e.